The van der Waals surface area contributed by atoms with E-state index in [0.29, 0.717) is 0 Å². The first-order valence-electron chi connectivity index (χ1n) is 19.3. The van der Waals surface area contributed by atoms with Gasteiger partial charge in [-0.3, -0.25) is 4.98 Å². The third kappa shape index (κ3) is 3.98. The second kappa shape index (κ2) is 11.0. The van der Waals surface area contributed by atoms with Gasteiger partial charge < -0.3 is 9.13 Å². The van der Waals surface area contributed by atoms with Crippen LogP contribution in [0, 0.1) is 0 Å². The van der Waals surface area contributed by atoms with Crippen molar-refractivity contribution in [1.29, 1.82) is 0 Å². The molecule has 10 aromatic carbocycles. The largest absolute Gasteiger partial charge is 0.309 e. The number of rotatable bonds is 4. The molecule has 0 aliphatic rings. The number of hydrogen-bond donors (Lipinski definition) is 0. The molecule has 258 valence electrons. The van der Waals surface area contributed by atoms with Crippen LogP contribution in [0.4, 0.5) is 0 Å². The number of nitrogens with zero attached hydrogens (tertiary/aromatic N) is 3. The summed E-state index contributed by atoms with van der Waals surface area (Å²) in [5.74, 6) is 0. The fourth-order valence-corrected chi connectivity index (χ4v) is 9.91. The van der Waals surface area contributed by atoms with Crippen LogP contribution in [-0.2, 0) is 0 Å². The highest BCUT2D eigenvalue weighted by molar-refractivity contribution is 6.27. The Morgan fingerprint density at radius 3 is 1.50 bits per heavy atom. The summed E-state index contributed by atoms with van der Waals surface area (Å²) in [4.78, 5) is 4.47. The first-order valence-corrected chi connectivity index (χ1v) is 19.3. The molecule has 0 aliphatic carbocycles. The molecule has 56 heavy (non-hydrogen) atoms. The fraction of sp³-hybridized carbons (Fsp3) is 0. The molecule has 0 saturated heterocycles. The predicted molar refractivity (Wildman–Crippen MR) is 236 cm³/mol. The van der Waals surface area contributed by atoms with Gasteiger partial charge in [0.15, 0.2) is 0 Å². The van der Waals surface area contributed by atoms with E-state index in [2.05, 4.69) is 184 Å². The normalized spacial score (nSPS) is 12.3. The lowest BCUT2D eigenvalue weighted by atomic mass is 9.94. The van der Waals surface area contributed by atoms with Crippen molar-refractivity contribution in [2.45, 2.75) is 0 Å². The van der Waals surface area contributed by atoms with E-state index in [-0.39, 0.29) is 0 Å². The summed E-state index contributed by atoms with van der Waals surface area (Å²) in [6.07, 6.45) is 3.80. The van der Waals surface area contributed by atoms with E-state index in [9.17, 15) is 0 Å². The Kier molecular flexibility index (Phi) is 5.89. The maximum Gasteiger partial charge on any atom is 0.0553 e. The van der Waals surface area contributed by atoms with Crippen LogP contribution >= 0.6 is 0 Å². The quantitative estimate of drug-likeness (QED) is 0.167. The lowest BCUT2D eigenvalue weighted by Gasteiger charge is -2.16. The molecule has 0 unspecified atom stereocenters. The molecule has 0 N–H and O–H groups in total. The van der Waals surface area contributed by atoms with Gasteiger partial charge >= 0.3 is 0 Å². The molecule has 3 nitrogen and oxygen atoms in total. The van der Waals surface area contributed by atoms with Crippen LogP contribution in [0.15, 0.2) is 188 Å². The smallest absolute Gasteiger partial charge is 0.0553 e. The maximum atomic E-state index is 4.47. The van der Waals surface area contributed by atoms with Gasteiger partial charge in [-0.05, 0) is 104 Å². The molecule has 0 bridgehead atoms. The Morgan fingerprint density at radius 1 is 0.321 bits per heavy atom. The highest BCUT2D eigenvalue weighted by atomic mass is 15.0. The van der Waals surface area contributed by atoms with Gasteiger partial charge in [0.2, 0.25) is 0 Å². The summed E-state index contributed by atoms with van der Waals surface area (Å²) in [6, 6.07) is 65.2. The third-order valence-corrected chi connectivity index (χ3v) is 12.2. The number of fused-ring (bicyclic) bond motifs is 2. The first-order chi connectivity index (χ1) is 27.8. The SMILES string of the molecule is c1cncc(-c2cc3ccc4cccc5c4c3c(c2)n5-c2cccc3c(-n4c5cccc6ccc7cc(-c8cccc9ccccc89)cc4c7c65)cccc23)c1. The van der Waals surface area contributed by atoms with Gasteiger partial charge in [0, 0.05) is 50.3 Å². The van der Waals surface area contributed by atoms with Gasteiger partial charge in [0.05, 0.1) is 33.4 Å². The van der Waals surface area contributed by atoms with Crippen molar-refractivity contribution in [3.63, 3.8) is 0 Å². The molecule has 0 amide bonds. The molecule has 3 aromatic heterocycles. The van der Waals surface area contributed by atoms with Gasteiger partial charge in [-0.1, -0.05) is 121 Å². The molecule has 13 aromatic rings. The molecule has 0 aliphatic heterocycles. The summed E-state index contributed by atoms with van der Waals surface area (Å²) < 4.78 is 5.02. The highest BCUT2D eigenvalue weighted by Gasteiger charge is 2.22. The molecule has 0 radical (unpaired) electrons. The van der Waals surface area contributed by atoms with Gasteiger partial charge in [-0.2, -0.15) is 0 Å². The molecule has 0 fully saturated rings. The molecule has 3 heteroatoms. The fourth-order valence-electron chi connectivity index (χ4n) is 9.91. The molecule has 0 spiro atoms. The number of aromatic nitrogens is 3. The zero-order chi connectivity index (χ0) is 36.5. The van der Waals surface area contributed by atoms with Crippen LogP contribution in [0.3, 0.4) is 0 Å². The van der Waals surface area contributed by atoms with Crippen LogP contribution in [0.5, 0.6) is 0 Å². The van der Waals surface area contributed by atoms with E-state index < -0.39 is 0 Å². The molecule has 0 saturated carbocycles. The van der Waals surface area contributed by atoms with Crippen molar-refractivity contribution < 1.29 is 0 Å². The second-order valence-corrected chi connectivity index (χ2v) is 15.2. The van der Waals surface area contributed by atoms with Crippen LogP contribution in [0.2, 0.25) is 0 Å². The number of benzene rings is 10. The standard InChI is InChI=1S/C53H31N3/c1-2-14-40-32(9-1)10-3-15-41(40)39-28-36-25-23-34-12-5-21-47-51(34)53(36)49(30-39)56(47)45-19-7-16-42-43(45)17-6-18-44(42)55-46-20-4-11-33-22-24-35-27-38(37-13-8-26-54-31-37)29-48(55)52(35)50(33)46/h1-31H. The van der Waals surface area contributed by atoms with E-state index in [1.807, 2.05) is 18.5 Å². The zero-order valence-corrected chi connectivity index (χ0v) is 30.2. The highest BCUT2D eigenvalue weighted by Crippen LogP contribution is 2.45. The minimum atomic E-state index is 1.11. The summed E-state index contributed by atoms with van der Waals surface area (Å²) >= 11 is 0. The first kappa shape index (κ1) is 29.9. The van der Waals surface area contributed by atoms with Crippen molar-refractivity contribution in [1.82, 2.24) is 14.1 Å². The van der Waals surface area contributed by atoms with Crippen molar-refractivity contribution in [2.24, 2.45) is 0 Å². The third-order valence-electron chi connectivity index (χ3n) is 12.2. The number of pyridine rings is 1. The van der Waals surface area contributed by atoms with Gasteiger partial charge in [0.1, 0.15) is 0 Å². The lowest BCUT2D eigenvalue weighted by molar-refractivity contribution is 1.18. The molecule has 0 atom stereocenters. The zero-order valence-electron chi connectivity index (χ0n) is 30.2. The van der Waals surface area contributed by atoms with Crippen LogP contribution in [0.1, 0.15) is 0 Å². The van der Waals surface area contributed by atoms with Crippen molar-refractivity contribution in [2.75, 3.05) is 0 Å². The second-order valence-electron chi connectivity index (χ2n) is 15.2. The van der Waals surface area contributed by atoms with Gasteiger partial charge in [0.25, 0.3) is 0 Å². The van der Waals surface area contributed by atoms with E-state index in [0.717, 1.165) is 11.1 Å². The Balaban J connectivity index is 1.12. The van der Waals surface area contributed by atoms with E-state index in [4.69, 9.17) is 0 Å². The van der Waals surface area contributed by atoms with Crippen LogP contribution < -0.4 is 0 Å². The Hall–Kier alpha value is -7.49. The van der Waals surface area contributed by atoms with E-state index in [1.54, 1.807) is 0 Å². The van der Waals surface area contributed by atoms with Crippen molar-refractivity contribution in [3.05, 3.63) is 188 Å². The van der Waals surface area contributed by atoms with E-state index in [1.165, 1.54) is 109 Å². The average Bonchev–Trinajstić information content (AvgIpc) is 3.78. The Labute approximate surface area is 321 Å². The predicted octanol–water partition coefficient (Wildman–Crippen LogP) is 14.1. The topological polar surface area (TPSA) is 22.8 Å². The summed E-state index contributed by atoms with van der Waals surface area (Å²) in [5, 5.41) is 15.2. The van der Waals surface area contributed by atoms with Crippen LogP contribution in [-0.4, -0.2) is 14.1 Å². The van der Waals surface area contributed by atoms with Gasteiger partial charge in [-0.25, -0.2) is 0 Å². The lowest BCUT2D eigenvalue weighted by Crippen LogP contribution is -1.99. The molecule has 3 heterocycles. The summed E-state index contributed by atoms with van der Waals surface area (Å²) in [5.41, 5.74) is 12.0. The summed E-state index contributed by atoms with van der Waals surface area (Å²) in [7, 11) is 0. The van der Waals surface area contributed by atoms with Crippen molar-refractivity contribution in [3.8, 4) is 33.6 Å². The minimum absolute atomic E-state index is 1.11. The maximum absolute atomic E-state index is 4.47. The monoisotopic (exact) mass is 709 g/mol. The molecular weight excluding hydrogens is 679 g/mol. The number of hydrogen-bond acceptors (Lipinski definition) is 1. The van der Waals surface area contributed by atoms with Gasteiger partial charge in [-0.15, -0.1) is 0 Å². The average molecular weight is 710 g/mol. The Bertz CT molecular complexity index is 3690. The van der Waals surface area contributed by atoms with E-state index >= 15 is 0 Å². The molecule has 13 rings (SSSR count). The minimum Gasteiger partial charge on any atom is -0.309 e. The van der Waals surface area contributed by atoms with Crippen LogP contribution in [0.25, 0.3) is 120 Å². The van der Waals surface area contributed by atoms with Crippen molar-refractivity contribution >= 4 is 86.7 Å². The molecular formula is C53H31N3. The summed E-state index contributed by atoms with van der Waals surface area (Å²) in [6.45, 7) is 0. The Morgan fingerprint density at radius 2 is 0.839 bits per heavy atom.